The van der Waals surface area contributed by atoms with Gasteiger partial charge in [0.25, 0.3) is 0 Å². The van der Waals surface area contributed by atoms with Gasteiger partial charge >= 0.3 is 0 Å². The van der Waals surface area contributed by atoms with Crippen LogP contribution in [0, 0.1) is 16.7 Å². The maximum Gasteiger partial charge on any atom is -0.0252 e. The van der Waals surface area contributed by atoms with Crippen LogP contribution in [-0.4, -0.2) is 0 Å². The quantitative estimate of drug-likeness (QED) is 0.549. The van der Waals surface area contributed by atoms with Crippen LogP contribution in [0.4, 0.5) is 0 Å². The second-order valence-corrected chi connectivity index (χ2v) is 5.45. The fourth-order valence-electron chi connectivity index (χ4n) is 2.95. The van der Waals surface area contributed by atoms with Crippen LogP contribution >= 0.6 is 0 Å². The summed E-state index contributed by atoms with van der Waals surface area (Å²) in [7, 11) is 0. The molecule has 0 amide bonds. The van der Waals surface area contributed by atoms with Crippen molar-refractivity contribution < 1.29 is 0 Å². The molecule has 2 unspecified atom stereocenters. The Labute approximate surface area is 77.7 Å². The van der Waals surface area contributed by atoms with Crippen LogP contribution < -0.4 is 0 Å². The van der Waals surface area contributed by atoms with Gasteiger partial charge in [-0.2, -0.15) is 0 Å². The first-order valence-electron chi connectivity index (χ1n) is 5.44. The Balaban J connectivity index is 2.88. The second-order valence-electron chi connectivity index (χ2n) is 5.45. The van der Waals surface area contributed by atoms with E-state index in [1.54, 1.807) is 0 Å². The minimum absolute atomic E-state index is 0.555. The van der Waals surface area contributed by atoms with E-state index < -0.39 is 0 Å². The predicted octanol–water partition coefficient (Wildman–Crippen LogP) is 4.25. The first-order valence-corrected chi connectivity index (χ1v) is 5.44. The molecule has 0 N–H and O–H groups in total. The van der Waals surface area contributed by atoms with E-state index in [1.165, 1.54) is 25.7 Å². The molecule has 1 aliphatic carbocycles. The van der Waals surface area contributed by atoms with E-state index in [9.17, 15) is 0 Å². The fraction of sp³-hybridized carbons (Fsp3) is 1.00. The van der Waals surface area contributed by atoms with Crippen molar-refractivity contribution in [1.82, 2.24) is 0 Å². The molecule has 0 aromatic heterocycles. The molecular weight excluding hydrogens is 144 g/mol. The molecule has 1 saturated carbocycles. The van der Waals surface area contributed by atoms with Crippen molar-refractivity contribution in [2.45, 2.75) is 60.3 Å². The van der Waals surface area contributed by atoms with Crippen molar-refractivity contribution in [3.05, 3.63) is 0 Å². The summed E-state index contributed by atoms with van der Waals surface area (Å²) in [6, 6.07) is 0. The predicted molar refractivity (Wildman–Crippen MR) is 55.2 cm³/mol. The van der Waals surface area contributed by atoms with Crippen molar-refractivity contribution in [1.29, 1.82) is 0 Å². The fourth-order valence-corrected chi connectivity index (χ4v) is 2.95. The average Bonchev–Trinajstić information content (AvgIpc) is 2.00. The summed E-state index contributed by atoms with van der Waals surface area (Å²) in [6.07, 6.45) is 5.63. The zero-order chi connectivity index (χ0) is 9.41. The Morgan fingerprint density at radius 2 is 1.83 bits per heavy atom. The van der Waals surface area contributed by atoms with Gasteiger partial charge in [-0.1, -0.05) is 47.5 Å². The molecule has 2 atom stereocenters. The molecule has 1 fully saturated rings. The third-order valence-corrected chi connectivity index (χ3v) is 4.81. The van der Waals surface area contributed by atoms with Crippen LogP contribution in [0.25, 0.3) is 0 Å². The van der Waals surface area contributed by atoms with Crippen LogP contribution in [0.15, 0.2) is 0 Å². The van der Waals surface area contributed by atoms with Gasteiger partial charge in [0.05, 0.1) is 0 Å². The summed E-state index contributed by atoms with van der Waals surface area (Å²) in [5.41, 5.74) is 1.13. The molecule has 0 bridgehead atoms. The Hall–Kier alpha value is 0. The molecule has 0 radical (unpaired) electrons. The Morgan fingerprint density at radius 1 is 1.25 bits per heavy atom. The molecule has 0 saturated heterocycles. The SMILES string of the molecule is CCC1(C)C(C)CCCC1(C)C. The normalized spacial score (nSPS) is 41.2. The highest BCUT2D eigenvalue weighted by molar-refractivity contribution is 4.95. The molecule has 0 aromatic rings. The van der Waals surface area contributed by atoms with Crippen molar-refractivity contribution in [3.63, 3.8) is 0 Å². The lowest BCUT2D eigenvalue weighted by atomic mass is 9.53. The maximum absolute atomic E-state index is 2.48. The topological polar surface area (TPSA) is 0 Å². The summed E-state index contributed by atoms with van der Waals surface area (Å²) in [4.78, 5) is 0. The summed E-state index contributed by atoms with van der Waals surface area (Å²) < 4.78 is 0. The number of hydrogen-bond donors (Lipinski definition) is 0. The highest BCUT2D eigenvalue weighted by Gasteiger charge is 2.45. The lowest BCUT2D eigenvalue weighted by Gasteiger charge is -2.52. The number of rotatable bonds is 1. The van der Waals surface area contributed by atoms with Gasteiger partial charge in [0.1, 0.15) is 0 Å². The third-order valence-electron chi connectivity index (χ3n) is 4.81. The largest absolute Gasteiger partial charge is 0.0648 e. The van der Waals surface area contributed by atoms with E-state index in [4.69, 9.17) is 0 Å². The Bertz CT molecular complexity index is 157. The first kappa shape index (κ1) is 10.1. The summed E-state index contributed by atoms with van der Waals surface area (Å²) in [5.74, 6) is 0.909. The van der Waals surface area contributed by atoms with Crippen molar-refractivity contribution in [2.24, 2.45) is 16.7 Å². The average molecular weight is 168 g/mol. The van der Waals surface area contributed by atoms with Crippen molar-refractivity contribution >= 4 is 0 Å². The molecule has 12 heavy (non-hydrogen) atoms. The highest BCUT2D eigenvalue weighted by atomic mass is 14.5. The van der Waals surface area contributed by atoms with Gasteiger partial charge in [0.2, 0.25) is 0 Å². The van der Waals surface area contributed by atoms with Crippen LogP contribution in [0.5, 0.6) is 0 Å². The molecule has 0 aromatic carbocycles. The molecule has 0 spiro atoms. The molecule has 0 heteroatoms. The van der Waals surface area contributed by atoms with Gasteiger partial charge in [-0.3, -0.25) is 0 Å². The summed E-state index contributed by atoms with van der Waals surface area (Å²) in [6.45, 7) is 12.2. The van der Waals surface area contributed by atoms with Crippen LogP contribution in [0.2, 0.25) is 0 Å². The maximum atomic E-state index is 2.48. The molecule has 0 aliphatic heterocycles. The molecule has 1 rings (SSSR count). The van der Waals surface area contributed by atoms with Crippen molar-refractivity contribution in [3.8, 4) is 0 Å². The summed E-state index contributed by atoms with van der Waals surface area (Å²) in [5, 5.41) is 0. The van der Waals surface area contributed by atoms with Gasteiger partial charge in [-0.25, -0.2) is 0 Å². The number of hydrogen-bond acceptors (Lipinski definition) is 0. The minimum Gasteiger partial charge on any atom is -0.0648 e. The third kappa shape index (κ3) is 1.30. The van der Waals surface area contributed by atoms with E-state index in [0.29, 0.717) is 10.8 Å². The van der Waals surface area contributed by atoms with Gasteiger partial charge < -0.3 is 0 Å². The van der Waals surface area contributed by atoms with E-state index in [1.807, 2.05) is 0 Å². The molecular formula is C12H24. The Kier molecular flexibility index (Phi) is 2.56. The van der Waals surface area contributed by atoms with E-state index in [-0.39, 0.29) is 0 Å². The van der Waals surface area contributed by atoms with Crippen molar-refractivity contribution in [2.75, 3.05) is 0 Å². The molecule has 0 heterocycles. The first-order chi connectivity index (χ1) is 5.44. The zero-order valence-corrected chi connectivity index (χ0v) is 9.41. The van der Waals surface area contributed by atoms with Crippen LogP contribution in [0.1, 0.15) is 60.3 Å². The molecule has 72 valence electrons. The molecule has 1 aliphatic rings. The van der Waals surface area contributed by atoms with E-state index in [2.05, 4.69) is 34.6 Å². The lowest BCUT2D eigenvalue weighted by Crippen LogP contribution is -2.43. The summed E-state index contributed by atoms with van der Waals surface area (Å²) >= 11 is 0. The van der Waals surface area contributed by atoms with Gasteiger partial charge in [0, 0.05) is 0 Å². The lowest BCUT2D eigenvalue weighted by molar-refractivity contribution is -0.0210. The van der Waals surface area contributed by atoms with Crippen LogP contribution in [-0.2, 0) is 0 Å². The molecule has 0 nitrogen and oxygen atoms in total. The van der Waals surface area contributed by atoms with E-state index in [0.717, 1.165) is 5.92 Å². The van der Waals surface area contributed by atoms with Gasteiger partial charge in [-0.05, 0) is 29.6 Å². The zero-order valence-electron chi connectivity index (χ0n) is 9.41. The minimum atomic E-state index is 0.555. The van der Waals surface area contributed by atoms with Crippen LogP contribution in [0.3, 0.4) is 0 Å². The highest BCUT2D eigenvalue weighted by Crippen LogP contribution is 2.54. The monoisotopic (exact) mass is 168 g/mol. The van der Waals surface area contributed by atoms with Gasteiger partial charge in [-0.15, -0.1) is 0 Å². The smallest absolute Gasteiger partial charge is 0.0252 e. The standard InChI is InChI=1S/C12H24/c1-6-12(5)10(2)8-7-9-11(12,3)4/h10H,6-9H2,1-5H3. The van der Waals surface area contributed by atoms with E-state index >= 15 is 0 Å². The van der Waals surface area contributed by atoms with Gasteiger partial charge in [0.15, 0.2) is 0 Å². The second kappa shape index (κ2) is 3.05. The Morgan fingerprint density at radius 3 is 2.17 bits per heavy atom.